The molecular formula is C46H53NO2. The van der Waals surface area contributed by atoms with E-state index in [0.717, 1.165) is 157 Å². The van der Waals surface area contributed by atoms with E-state index in [-0.39, 0.29) is 0 Å². The molecule has 0 aromatic carbocycles. The van der Waals surface area contributed by atoms with Gasteiger partial charge in [0.05, 0.1) is 19.8 Å². The molecule has 1 spiro atoms. The highest BCUT2D eigenvalue weighted by atomic mass is 16.5. The van der Waals surface area contributed by atoms with Crippen molar-refractivity contribution in [3.63, 3.8) is 0 Å². The minimum atomic E-state index is 0.441. The van der Waals surface area contributed by atoms with Crippen molar-refractivity contribution in [3.8, 4) is 0 Å². The summed E-state index contributed by atoms with van der Waals surface area (Å²) in [5, 5.41) is 0. The molecule has 49 heavy (non-hydrogen) atoms. The van der Waals surface area contributed by atoms with E-state index >= 15 is 0 Å². The maximum absolute atomic E-state index is 6.16. The minimum Gasteiger partial charge on any atom is -0.382 e. The molecule has 254 valence electrons. The van der Waals surface area contributed by atoms with E-state index < -0.39 is 0 Å². The third-order valence-corrected chi connectivity index (χ3v) is 22.5. The Labute approximate surface area is 291 Å². The molecule has 17 rings (SSSR count). The number of hydrogen-bond donors (Lipinski definition) is 0. The monoisotopic (exact) mass is 651 g/mol. The number of nitrogens with zero attached hydrogens (tertiary/aromatic N) is 1. The number of hydrogen-bond acceptors (Lipinski definition) is 3. The summed E-state index contributed by atoms with van der Waals surface area (Å²) in [5.74, 6) is 24.2. The molecule has 12 fully saturated rings. The SMILES string of the molecule is COCCOCCN1CC2C3=C4C5=C6C7C(C=C8CC9CC%10CC%11CC%12CC(=C%13C4C4C5C5C7C8C7C9C%10C8C%11C(C%13%12)C4C8C57)C3)CC62C1. The summed E-state index contributed by atoms with van der Waals surface area (Å²) >= 11 is 0. The lowest BCUT2D eigenvalue weighted by Gasteiger charge is -2.60. The lowest BCUT2D eigenvalue weighted by atomic mass is 9.44. The smallest absolute Gasteiger partial charge is 0.0700 e. The van der Waals surface area contributed by atoms with Crippen LogP contribution in [0.4, 0.5) is 0 Å². The maximum Gasteiger partial charge on any atom is 0.0700 e. The highest BCUT2D eigenvalue weighted by Crippen LogP contribution is 2.91. The van der Waals surface area contributed by atoms with Crippen LogP contribution in [0.15, 0.2) is 45.1 Å². The summed E-state index contributed by atoms with van der Waals surface area (Å²) in [6.45, 7) is 6.14. The molecule has 24 unspecified atom stereocenters. The second-order valence-corrected chi connectivity index (χ2v) is 22.3. The van der Waals surface area contributed by atoms with Gasteiger partial charge in [0.15, 0.2) is 0 Å². The molecule has 0 aromatic heterocycles. The Morgan fingerprint density at radius 2 is 1.49 bits per heavy atom. The lowest BCUT2D eigenvalue weighted by Crippen LogP contribution is -2.56. The van der Waals surface area contributed by atoms with Crippen molar-refractivity contribution >= 4 is 0 Å². The molecular weight excluding hydrogens is 599 g/mol. The highest BCUT2D eigenvalue weighted by Gasteiger charge is 2.85. The van der Waals surface area contributed by atoms with Crippen molar-refractivity contribution in [1.29, 1.82) is 0 Å². The van der Waals surface area contributed by atoms with Crippen molar-refractivity contribution in [2.45, 2.75) is 44.9 Å². The quantitative estimate of drug-likeness (QED) is 0.231. The van der Waals surface area contributed by atoms with Crippen LogP contribution in [0.25, 0.3) is 0 Å². The van der Waals surface area contributed by atoms with Gasteiger partial charge >= 0.3 is 0 Å². The van der Waals surface area contributed by atoms with Gasteiger partial charge in [0.25, 0.3) is 0 Å². The second-order valence-electron chi connectivity index (χ2n) is 22.3. The second kappa shape index (κ2) is 7.59. The minimum absolute atomic E-state index is 0.441. The Balaban J connectivity index is 0.945. The van der Waals surface area contributed by atoms with Crippen molar-refractivity contribution in [2.24, 2.45) is 142 Å². The first-order chi connectivity index (χ1) is 24.2. The van der Waals surface area contributed by atoms with E-state index in [9.17, 15) is 0 Å². The van der Waals surface area contributed by atoms with E-state index in [1.807, 2.05) is 0 Å². The van der Waals surface area contributed by atoms with Crippen LogP contribution in [0, 0.1) is 142 Å². The molecule has 0 radical (unpaired) electrons. The Morgan fingerprint density at radius 3 is 2.43 bits per heavy atom. The number of methoxy groups -OCH3 is 1. The van der Waals surface area contributed by atoms with E-state index in [0.29, 0.717) is 5.41 Å². The first-order valence-electron chi connectivity index (χ1n) is 21.9. The zero-order valence-electron chi connectivity index (χ0n) is 29.3. The molecule has 16 aliphatic carbocycles. The fourth-order valence-corrected chi connectivity index (χ4v) is 23.4. The topological polar surface area (TPSA) is 21.7 Å². The number of ether oxygens (including phenoxy) is 2. The average Bonchev–Trinajstić information content (AvgIpc) is 3.94. The molecule has 0 aromatic rings. The first kappa shape index (κ1) is 25.8. The summed E-state index contributed by atoms with van der Waals surface area (Å²) in [6, 6.07) is 0. The zero-order chi connectivity index (χ0) is 30.7. The van der Waals surface area contributed by atoms with Gasteiger partial charge in [-0.05, 0) is 180 Å². The Morgan fingerprint density at radius 1 is 0.714 bits per heavy atom. The average molecular weight is 652 g/mol. The third kappa shape index (κ3) is 2.27. The molecule has 24 atom stereocenters. The van der Waals surface area contributed by atoms with Crippen LogP contribution in [0.1, 0.15) is 44.9 Å². The molecule has 3 heteroatoms. The molecule has 1 heterocycles. The summed E-state index contributed by atoms with van der Waals surface area (Å²) in [5.41, 5.74) is 15.4. The van der Waals surface area contributed by atoms with Crippen molar-refractivity contribution in [3.05, 3.63) is 45.1 Å². The first-order valence-corrected chi connectivity index (χ1v) is 21.9. The normalized spacial score (nSPS) is 67.1. The van der Waals surface area contributed by atoms with Crippen molar-refractivity contribution in [2.75, 3.05) is 46.6 Å². The summed E-state index contributed by atoms with van der Waals surface area (Å²) in [7, 11) is 1.80. The van der Waals surface area contributed by atoms with Gasteiger partial charge in [0.2, 0.25) is 0 Å². The van der Waals surface area contributed by atoms with Gasteiger partial charge in [0, 0.05) is 44.0 Å². The number of fused-ring (bicyclic) bond motifs is 1. The van der Waals surface area contributed by atoms with Crippen LogP contribution in [-0.2, 0) is 9.47 Å². The van der Waals surface area contributed by atoms with E-state index in [4.69, 9.17) is 9.47 Å². The van der Waals surface area contributed by atoms with Gasteiger partial charge in [-0.25, -0.2) is 0 Å². The van der Waals surface area contributed by atoms with E-state index in [2.05, 4.69) is 50.0 Å². The molecule has 1 aliphatic heterocycles. The number of rotatable bonds is 6. The predicted molar refractivity (Wildman–Crippen MR) is 183 cm³/mol. The number of allylic oxidation sites excluding steroid dienone is 6. The Hall–Kier alpha value is -1.16. The molecule has 17 aliphatic rings. The van der Waals surface area contributed by atoms with Crippen LogP contribution in [-0.4, -0.2) is 51.5 Å². The number of likely N-dealkylation sites (tertiary alicyclic amines) is 1. The third-order valence-electron chi connectivity index (χ3n) is 22.5. The van der Waals surface area contributed by atoms with Gasteiger partial charge in [-0.1, -0.05) is 33.9 Å². The molecule has 0 N–H and O–H groups in total. The lowest BCUT2D eigenvalue weighted by molar-refractivity contribution is -0.117. The maximum atomic E-state index is 6.16. The predicted octanol–water partition coefficient (Wildman–Crippen LogP) is 6.89. The molecule has 1 saturated heterocycles. The zero-order valence-corrected chi connectivity index (χ0v) is 29.3. The van der Waals surface area contributed by atoms with Crippen LogP contribution in [0.5, 0.6) is 0 Å². The molecule has 11 saturated carbocycles. The van der Waals surface area contributed by atoms with Gasteiger partial charge in [-0.2, -0.15) is 0 Å². The van der Waals surface area contributed by atoms with Crippen LogP contribution in [0.3, 0.4) is 0 Å². The van der Waals surface area contributed by atoms with Crippen LogP contribution >= 0.6 is 0 Å². The van der Waals surface area contributed by atoms with Crippen molar-refractivity contribution < 1.29 is 9.47 Å². The van der Waals surface area contributed by atoms with Crippen molar-refractivity contribution in [1.82, 2.24) is 4.90 Å². The summed E-state index contributed by atoms with van der Waals surface area (Å²) in [6.07, 6.45) is 14.1. The Bertz CT molecular complexity index is 1880. The van der Waals surface area contributed by atoms with E-state index in [1.54, 1.807) is 32.8 Å². The van der Waals surface area contributed by atoms with Gasteiger partial charge in [-0.15, -0.1) is 0 Å². The Kier molecular flexibility index (Phi) is 3.99. The summed E-state index contributed by atoms with van der Waals surface area (Å²) < 4.78 is 11.5. The van der Waals surface area contributed by atoms with E-state index in [1.165, 1.54) is 38.3 Å². The molecule has 0 amide bonds. The van der Waals surface area contributed by atoms with Crippen LogP contribution in [0.2, 0.25) is 0 Å². The highest BCUT2D eigenvalue weighted by molar-refractivity contribution is 5.67. The van der Waals surface area contributed by atoms with Gasteiger partial charge < -0.3 is 9.47 Å². The molecule has 3 nitrogen and oxygen atoms in total. The van der Waals surface area contributed by atoms with Gasteiger partial charge in [0.1, 0.15) is 0 Å². The summed E-state index contributed by atoms with van der Waals surface area (Å²) in [4.78, 5) is 2.94. The molecule has 0 bridgehead atoms. The standard InChI is InChI=1S/C46H53NO2/c1-48-4-5-49-3-2-47-14-24-23-12-21-10-18-8-19-7-16-6-17-9-20-11-22-13-46(24,15-47)45-31(22)36-30(20)35-26(17)25(16)33-29(19)34-27(18)28(21)37-32(23)44(45)43-41(36)39(35)38(33)40(34)42(37)43/h11,16-19,22,24-27,29-31,33-43H,2-10,12-15H2,1H3. The fourth-order valence-electron chi connectivity index (χ4n) is 23.4. The largest absolute Gasteiger partial charge is 0.382 e. The van der Waals surface area contributed by atoms with Crippen LogP contribution < -0.4 is 0 Å². The van der Waals surface area contributed by atoms with Gasteiger partial charge in [-0.3, -0.25) is 4.90 Å². The fraction of sp³-hybridized carbons (Fsp3) is 0.826.